The Labute approximate surface area is 360 Å². The molecule has 1 saturated heterocycles. The van der Waals surface area contributed by atoms with E-state index in [1.807, 2.05) is 0 Å². The first-order valence-electron chi connectivity index (χ1n) is 20.6. The Bertz CT molecular complexity index is 1760. The Kier molecular flexibility index (Phi) is 15.2. The van der Waals surface area contributed by atoms with Crippen molar-refractivity contribution in [3.05, 3.63) is 23.3 Å². The summed E-state index contributed by atoms with van der Waals surface area (Å²) in [5.74, 6) is -6.04. The predicted molar refractivity (Wildman–Crippen MR) is 217 cm³/mol. The molecule has 0 aromatic carbocycles. The van der Waals surface area contributed by atoms with E-state index in [-0.39, 0.29) is 12.2 Å². The normalized spacial score (nSPS) is 26.1. The van der Waals surface area contributed by atoms with Gasteiger partial charge in [-0.25, -0.2) is 4.79 Å². The molecule has 0 radical (unpaired) electrons. The maximum atomic E-state index is 13.8. The van der Waals surface area contributed by atoms with Crippen LogP contribution in [0.3, 0.4) is 0 Å². The lowest BCUT2D eigenvalue weighted by molar-refractivity contribution is -0.342. The number of fused-ring (bicyclic) bond motifs is 1. The largest absolute Gasteiger partial charge is 0.462 e. The number of esters is 7. The monoisotopic (exact) mass is 864 g/mol. The van der Waals surface area contributed by atoms with Gasteiger partial charge in [0, 0.05) is 6.08 Å². The number of hydrogen-bond donors (Lipinski definition) is 0. The first kappa shape index (κ1) is 51.0. The molecular formula is C45H68O16. The van der Waals surface area contributed by atoms with E-state index in [1.54, 1.807) is 125 Å². The molecule has 8 atom stereocenters. The second-order valence-corrected chi connectivity index (χ2v) is 22.0. The molecule has 0 spiro atoms. The van der Waals surface area contributed by atoms with Gasteiger partial charge in [0.15, 0.2) is 18.3 Å². The summed E-state index contributed by atoms with van der Waals surface area (Å²) in [7, 11) is 0. The van der Waals surface area contributed by atoms with Crippen LogP contribution in [-0.2, 0) is 76.2 Å². The summed E-state index contributed by atoms with van der Waals surface area (Å²) in [6.07, 6.45) is -8.15. The molecule has 2 heterocycles. The van der Waals surface area contributed by atoms with Gasteiger partial charge in [0.25, 0.3) is 0 Å². The van der Waals surface area contributed by atoms with E-state index < -0.39 is 130 Å². The molecule has 16 nitrogen and oxygen atoms in total. The van der Waals surface area contributed by atoms with Crippen LogP contribution in [0.1, 0.15) is 125 Å². The van der Waals surface area contributed by atoms with E-state index in [0.717, 1.165) is 6.08 Å². The van der Waals surface area contributed by atoms with Crippen molar-refractivity contribution in [1.29, 1.82) is 0 Å². The van der Waals surface area contributed by atoms with Crippen molar-refractivity contribution < 1.29 is 76.2 Å². The molecule has 0 N–H and O–H groups in total. The van der Waals surface area contributed by atoms with Crippen LogP contribution in [0.25, 0.3) is 0 Å². The highest BCUT2D eigenvalue weighted by atomic mass is 16.8. The van der Waals surface area contributed by atoms with Crippen molar-refractivity contribution in [3.8, 4) is 0 Å². The molecule has 61 heavy (non-hydrogen) atoms. The van der Waals surface area contributed by atoms with E-state index in [2.05, 4.69) is 0 Å². The van der Waals surface area contributed by atoms with Crippen molar-refractivity contribution in [2.75, 3.05) is 13.2 Å². The Morgan fingerprint density at radius 3 is 1.39 bits per heavy atom. The summed E-state index contributed by atoms with van der Waals surface area (Å²) in [5.41, 5.74) is -5.58. The minimum absolute atomic E-state index is 0.239. The maximum Gasteiger partial charge on any atom is 0.333 e. The molecule has 3 rings (SSSR count). The predicted octanol–water partition coefficient (Wildman–Crippen LogP) is 6.10. The number of carbonyl (C=O) groups is 7. The Balaban J connectivity index is 2.26. The van der Waals surface area contributed by atoms with Gasteiger partial charge in [0.2, 0.25) is 12.6 Å². The van der Waals surface area contributed by atoms with Crippen LogP contribution in [0.4, 0.5) is 0 Å². The SMILES string of the molecule is CC(C)(C)C(=O)OCC1=C[C@@H](OC(=O)C(C)(C)C)C2=CC(=O)O[C@H](O[C@@H]3O[C@H](COC(=O)C(C)(C)C)[C@@H](OC(=O)C(C)(C)C)[C@H](OC(=O)C(C)(C)C)[C@H]3OC(=O)C(C)(C)C)[C@H]12. The zero-order valence-corrected chi connectivity index (χ0v) is 39.2. The highest BCUT2D eigenvalue weighted by Gasteiger charge is 2.57. The van der Waals surface area contributed by atoms with Crippen LogP contribution < -0.4 is 0 Å². The topological polar surface area (TPSA) is 203 Å². The van der Waals surface area contributed by atoms with E-state index in [0.29, 0.717) is 5.57 Å². The second-order valence-electron chi connectivity index (χ2n) is 22.0. The molecule has 3 aliphatic rings. The highest BCUT2D eigenvalue weighted by molar-refractivity contribution is 5.86. The fourth-order valence-electron chi connectivity index (χ4n) is 5.58. The Hall–Kier alpha value is -4.31. The molecule has 1 aliphatic carbocycles. The molecule has 0 amide bonds. The fourth-order valence-corrected chi connectivity index (χ4v) is 5.58. The molecule has 0 aromatic rings. The van der Waals surface area contributed by atoms with Crippen LogP contribution in [0.15, 0.2) is 23.3 Å². The third kappa shape index (κ3) is 13.3. The minimum Gasteiger partial charge on any atom is -0.462 e. The number of carbonyl (C=O) groups excluding carboxylic acids is 7. The van der Waals surface area contributed by atoms with Crippen molar-refractivity contribution in [2.24, 2.45) is 38.4 Å². The zero-order chi connectivity index (χ0) is 47.0. The molecule has 344 valence electrons. The number of cyclic esters (lactones) is 1. The van der Waals surface area contributed by atoms with Crippen molar-refractivity contribution in [2.45, 2.75) is 168 Å². The van der Waals surface area contributed by atoms with Gasteiger partial charge < -0.3 is 42.6 Å². The van der Waals surface area contributed by atoms with Crippen molar-refractivity contribution in [3.63, 3.8) is 0 Å². The van der Waals surface area contributed by atoms with Gasteiger partial charge in [0.1, 0.15) is 25.4 Å². The summed E-state index contributed by atoms with van der Waals surface area (Å²) < 4.78 is 54.2. The van der Waals surface area contributed by atoms with Gasteiger partial charge in [-0.05, 0) is 142 Å². The van der Waals surface area contributed by atoms with Crippen LogP contribution >= 0.6 is 0 Å². The van der Waals surface area contributed by atoms with E-state index >= 15 is 0 Å². The third-order valence-electron chi connectivity index (χ3n) is 9.49. The number of ether oxygens (including phenoxy) is 9. The summed E-state index contributed by atoms with van der Waals surface area (Å²) >= 11 is 0. The van der Waals surface area contributed by atoms with Crippen LogP contribution in [-0.4, -0.2) is 98.1 Å². The molecule has 1 fully saturated rings. The van der Waals surface area contributed by atoms with Gasteiger partial charge in [-0.3, -0.25) is 28.8 Å². The summed E-state index contributed by atoms with van der Waals surface area (Å²) in [6.45, 7) is 28.4. The molecule has 0 unspecified atom stereocenters. The molecular weight excluding hydrogens is 796 g/mol. The van der Waals surface area contributed by atoms with Crippen LogP contribution in [0.5, 0.6) is 0 Å². The lowest BCUT2D eigenvalue weighted by Gasteiger charge is -2.47. The van der Waals surface area contributed by atoms with Gasteiger partial charge >= 0.3 is 41.8 Å². The molecule has 0 bridgehead atoms. The lowest BCUT2D eigenvalue weighted by Crippen LogP contribution is -2.65. The molecule has 16 heteroatoms. The van der Waals surface area contributed by atoms with Crippen LogP contribution in [0, 0.1) is 38.4 Å². The molecule has 0 saturated carbocycles. The fraction of sp³-hybridized carbons (Fsp3) is 0.756. The lowest BCUT2D eigenvalue weighted by atomic mass is 9.91. The number of hydrogen-bond acceptors (Lipinski definition) is 16. The van der Waals surface area contributed by atoms with E-state index in [9.17, 15) is 33.6 Å². The summed E-state index contributed by atoms with van der Waals surface area (Å²) in [6, 6.07) is 0. The minimum atomic E-state index is -1.78. The second kappa shape index (κ2) is 18.2. The highest BCUT2D eigenvalue weighted by Crippen LogP contribution is 2.43. The number of rotatable bonds is 10. The van der Waals surface area contributed by atoms with Crippen LogP contribution in [0.2, 0.25) is 0 Å². The Morgan fingerprint density at radius 2 is 0.934 bits per heavy atom. The summed E-state index contributed by atoms with van der Waals surface area (Å²) in [4.78, 5) is 93.8. The van der Waals surface area contributed by atoms with Crippen molar-refractivity contribution >= 4 is 41.8 Å². The third-order valence-corrected chi connectivity index (χ3v) is 9.49. The van der Waals surface area contributed by atoms with Gasteiger partial charge in [-0.2, -0.15) is 0 Å². The van der Waals surface area contributed by atoms with Gasteiger partial charge in [0.05, 0.1) is 38.4 Å². The molecule has 2 aliphatic heterocycles. The first-order valence-corrected chi connectivity index (χ1v) is 20.6. The van der Waals surface area contributed by atoms with Gasteiger partial charge in [-0.15, -0.1) is 0 Å². The quantitative estimate of drug-likeness (QED) is 0.138. The van der Waals surface area contributed by atoms with Crippen molar-refractivity contribution in [1.82, 2.24) is 0 Å². The van der Waals surface area contributed by atoms with E-state index in [4.69, 9.17) is 42.6 Å². The maximum absolute atomic E-state index is 13.8. The summed E-state index contributed by atoms with van der Waals surface area (Å²) in [5, 5.41) is 0. The smallest absolute Gasteiger partial charge is 0.333 e. The van der Waals surface area contributed by atoms with E-state index in [1.165, 1.54) is 6.08 Å². The average molecular weight is 865 g/mol. The zero-order valence-electron chi connectivity index (χ0n) is 39.2. The van der Waals surface area contributed by atoms with Gasteiger partial charge in [-0.1, -0.05) is 0 Å². The Morgan fingerprint density at radius 1 is 0.525 bits per heavy atom. The average Bonchev–Trinajstić information content (AvgIpc) is 3.42. The standard InChI is InChI=1S/C45H68O16/c1-40(2,3)34(47)53-21-23-19-25(56-36(49)42(7,8)9)24-20-27(46)57-32(28(23)24)61-33-31(60-39(52)45(16,17)18)30(59-38(51)44(13,14)15)29(58-37(50)43(10,11)12)26(55-33)22-54-35(48)41(4,5)6/h19-20,25-26,28-33H,21-22H2,1-18H3/t25-,26-,28-,29-,30+,31-,32-,33+/m1/s1. The first-order chi connectivity index (χ1) is 27.4. The molecule has 0 aromatic heterocycles.